The van der Waals surface area contributed by atoms with Crippen LogP contribution in [0.5, 0.6) is 5.75 Å². The molecular weight excluding hydrogens is 352 g/mol. The minimum absolute atomic E-state index is 0.130. The molecule has 8 heteroatoms. The highest BCUT2D eigenvalue weighted by Gasteiger charge is 2.11. The van der Waals surface area contributed by atoms with Crippen LogP contribution in [0.2, 0.25) is 5.02 Å². The first-order chi connectivity index (χ1) is 11.3. The number of benzene rings is 2. The summed E-state index contributed by atoms with van der Waals surface area (Å²) in [5.74, 6) is 0.0601. The van der Waals surface area contributed by atoms with Crippen molar-refractivity contribution in [3.63, 3.8) is 0 Å². The van der Waals surface area contributed by atoms with Gasteiger partial charge in [0.25, 0.3) is 0 Å². The Labute approximate surface area is 145 Å². The van der Waals surface area contributed by atoms with E-state index in [4.69, 9.17) is 16.3 Å². The predicted octanol–water partition coefficient (Wildman–Crippen LogP) is 2.90. The van der Waals surface area contributed by atoms with Gasteiger partial charge in [-0.25, -0.2) is 8.42 Å². The summed E-state index contributed by atoms with van der Waals surface area (Å²) in [7, 11) is -2.01. The second-order valence-electron chi connectivity index (χ2n) is 5.11. The van der Waals surface area contributed by atoms with E-state index in [9.17, 15) is 13.2 Å². The Morgan fingerprint density at radius 1 is 1.21 bits per heavy atom. The normalized spacial score (nSPS) is 11.0. The predicted molar refractivity (Wildman–Crippen MR) is 95.2 cm³/mol. The third kappa shape index (κ3) is 5.14. The molecule has 2 rings (SSSR count). The lowest BCUT2D eigenvalue weighted by Crippen LogP contribution is -2.15. The summed E-state index contributed by atoms with van der Waals surface area (Å²) in [5.41, 5.74) is 1.51. The number of anilines is 2. The molecule has 0 spiro atoms. The van der Waals surface area contributed by atoms with E-state index in [1.54, 1.807) is 24.3 Å². The van der Waals surface area contributed by atoms with Crippen LogP contribution >= 0.6 is 11.6 Å². The van der Waals surface area contributed by atoms with Crippen molar-refractivity contribution in [2.45, 2.75) is 6.42 Å². The Kier molecular flexibility index (Phi) is 5.69. The fourth-order valence-electron chi connectivity index (χ4n) is 2.07. The maximum Gasteiger partial charge on any atom is 0.229 e. The van der Waals surface area contributed by atoms with Crippen LogP contribution in [-0.2, 0) is 21.2 Å². The smallest absolute Gasteiger partial charge is 0.229 e. The summed E-state index contributed by atoms with van der Waals surface area (Å²) >= 11 is 6.04. The molecule has 0 fully saturated rings. The Balaban J connectivity index is 2.12. The van der Waals surface area contributed by atoms with Gasteiger partial charge < -0.3 is 10.1 Å². The highest BCUT2D eigenvalue weighted by atomic mass is 35.5. The van der Waals surface area contributed by atoms with E-state index in [0.717, 1.165) is 11.8 Å². The summed E-state index contributed by atoms with van der Waals surface area (Å²) < 4.78 is 30.1. The van der Waals surface area contributed by atoms with Gasteiger partial charge in [-0.15, -0.1) is 0 Å². The molecule has 24 heavy (non-hydrogen) atoms. The molecule has 0 aliphatic heterocycles. The first kappa shape index (κ1) is 18.1. The maximum absolute atomic E-state index is 12.1. The molecule has 0 saturated heterocycles. The lowest BCUT2D eigenvalue weighted by Gasteiger charge is -2.12. The van der Waals surface area contributed by atoms with Crippen molar-refractivity contribution < 1.29 is 17.9 Å². The van der Waals surface area contributed by atoms with Crippen molar-refractivity contribution >= 4 is 38.9 Å². The van der Waals surface area contributed by atoms with E-state index in [2.05, 4.69) is 10.0 Å². The van der Waals surface area contributed by atoms with Crippen LogP contribution < -0.4 is 14.8 Å². The van der Waals surface area contributed by atoms with Crippen molar-refractivity contribution in [1.29, 1.82) is 0 Å². The van der Waals surface area contributed by atoms with Gasteiger partial charge in [0.1, 0.15) is 5.75 Å². The number of carbonyl (C=O) groups is 1. The number of nitrogens with one attached hydrogen (secondary N) is 2. The maximum atomic E-state index is 12.1. The molecule has 0 unspecified atom stereocenters. The number of carbonyl (C=O) groups excluding carboxylic acids is 1. The second kappa shape index (κ2) is 7.55. The lowest BCUT2D eigenvalue weighted by molar-refractivity contribution is -0.115. The first-order valence-corrected chi connectivity index (χ1v) is 9.24. The summed E-state index contributed by atoms with van der Waals surface area (Å²) in [6.45, 7) is 0. The molecule has 6 nitrogen and oxygen atoms in total. The molecule has 0 heterocycles. The number of methoxy groups -OCH3 is 1. The van der Waals surface area contributed by atoms with Crippen molar-refractivity contribution in [2.75, 3.05) is 23.4 Å². The van der Waals surface area contributed by atoms with Crippen LogP contribution in [0.3, 0.4) is 0 Å². The van der Waals surface area contributed by atoms with Crippen molar-refractivity contribution in [3.8, 4) is 5.75 Å². The topological polar surface area (TPSA) is 84.5 Å². The van der Waals surface area contributed by atoms with Crippen molar-refractivity contribution in [1.82, 2.24) is 0 Å². The standard InChI is InChI=1S/C16H17ClN2O4S/c1-23-15-10-12(7-8-14(15)19-24(2,21)22)18-16(20)9-11-5-3-4-6-13(11)17/h3-8,10,19H,9H2,1-2H3,(H,18,20). The molecule has 2 aromatic rings. The Morgan fingerprint density at radius 3 is 2.54 bits per heavy atom. The Bertz CT molecular complexity index is 853. The third-order valence-electron chi connectivity index (χ3n) is 3.09. The molecule has 0 aromatic heterocycles. The quantitative estimate of drug-likeness (QED) is 0.821. The van der Waals surface area contributed by atoms with E-state index in [0.29, 0.717) is 22.1 Å². The molecule has 1 amide bonds. The second-order valence-corrected chi connectivity index (χ2v) is 7.26. The molecular formula is C16H17ClN2O4S. The van der Waals surface area contributed by atoms with E-state index in [-0.39, 0.29) is 12.3 Å². The number of hydrogen-bond acceptors (Lipinski definition) is 4. The highest BCUT2D eigenvalue weighted by Crippen LogP contribution is 2.28. The summed E-state index contributed by atoms with van der Waals surface area (Å²) in [6.07, 6.45) is 1.18. The minimum Gasteiger partial charge on any atom is -0.494 e. The van der Waals surface area contributed by atoms with Crippen LogP contribution in [0, 0.1) is 0 Å². The summed E-state index contributed by atoms with van der Waals surface area (Å²) in [6, 6.07) is 11.7. The third-order valence-corrected chi connectivity index (χ3v) is 4.05. The van der Waals surface area contributed by atoms with Crippen LogP contribution in [0.1, 0.15) is 5.56 Å². The summed E-state index contributed by atoms with van der Waals surface area (Å²) in [5, 5.41) is 3.25. The lowest BCUT2D eigenvalue weighted by atomic mass is 10.1. The van der Waals surface area contributed by atoms with E-state index in [1.807, 2.05) is 6.07 Å². The average molecular weight is 369 g/mol. The molecule has 0 aliphatic carbocycles. The van der Waals surface area contributed by atoms with Gasteiger partial charge in [0.15, 0.2) is 0 Å². The largest absolute Gasteiger partial charge is 0.494 e. The molecule has 0 aliphatic rings. The molecule has 0 atom stereocenters. The fraction of sp³-hybridized carbons (Fsp3) is 0.188. The van der Waals surface area contributed by atoms with Crippen LogP contribution in [0.25, 0.3) is 0 Å². The van der Waals surface area contributed by atoms with Gasteiger partial charge in [-0.1, -0.05) is 29.8 Å². The number of ether oxygens (including phenoxy) is 1. The zero-order chi connectivity index (χ0) is 17.7. The number of sulfonamides is 1. The molecule has 2 aromatic carbocycles. The minimum atomic E-state index is -3.42. The number of rotatable bonds is 6. The molecule has 128 valence electrons. The van der Waals surface area contributed by atoms with Gasteiger partial charge >= 0.3 is 0 Å². The summed E-state index contributed by atoms with van der Waals surface area (Å²) in [4.78, 5) is 12.1. The van der Waals surface area contributed by atoms with Crippen LogP contribution in [0.4, 0.5) is 11.4 Å². The van der Waals surface area contributed by atoms with E-state index < -0.39 is 10.0 Å². The number of hydrogen-bond donors (Lipinski definition) is 2. The Hall–Kier alpha value is -2.25. The fourth-order valence-corrected chi connectivity index (χ4v) is 2.84. The molecule has 0 bridgehead atoms. The van der Waals surface area contributed by atoms with Gasteiger partial charge in [0.2, 0.25) is 15.9 Å². The number of amides is 1. The van der Waals surface area contributed by atoms with Gasteiger partial charge in [-0.05, 0) is 23.8 Å². The molecule has 0 saturated carbocycles. The van der Waals surface area contributed by atoms with E-state index >= 15 is 0 Å². The van der Waals surface area contributed by atoms with Crippen LogP contribution in [0.15, 0.2) is 42.5 Å². The van der Waals surface area contributed by atoms with Crippen molar-refractivity contribution in [3.05, 3.63) is 53.1 Å². The SMILES string of the molecule is COc1cc(NC(=O)Cc2ccccc2Cl)ccc1NS(C)(=O)=O. The Morgan fingerprint density at radius 2 is 1.92 bits per heavy atom. The molecule has 0 radical (unpaired) electrons. The highest BCUT2D eigenvalue weighted by molar-refractivity contribution is 7.92. The van der Waals surface area contributed by atoms with Gasteiger partial charge in [-0.3, -0.25) is 9.52 Å². The average Bonchev–Trinajstić information content (AvgIpc) is 2.49. The first-order valence-electron chi connectivity index (χ1n) is 6.97. The number of halogens is 1. The van der Waals surface area contributed by atoms with Gasteiger partial charge in [0, 0.05) is 16.8 Å². The zero-order valence-electron chi connectivity index (χ0n) is 13.2. The van der Waals surface area contributed by atoms with Crippen molar-refractivity contribution in [2.24, 2.45) is 0 Å². The van der Waals surface area contributed by atoms with Gasteiger partial charge in [-0.2, -0.15) is 0 Å². The molecule has 2 N–H and O–H groups in total. The zero-order valence-corrected chi connectivity index (χ0v) is 14.7. The van der Waals surface area contributed by atoms with Crippen LogP contribution in [-0.4, -0.2) is 27.7 Å². The monoisotopic (exact) mass is 368 g/mol. The van der Waals surface area contributed by atoms with E-state index in [1.165, 1.54) is 19.2 Å². The van der Waals surface area contributed by atoms with Gasteiger partial charge in [0.05, 0.1) is 25.5 Å².